The molecule has 1 aliphatic heterocycles. The first-order valence-corrected chi connectivity index (χ1v) is 7.51. The number of nitrogens with one attached hydrogen (secondary N) is 1. The number of thiazole rings is 1. The van der Waals surface area contributed by atoms with Crippen molar-refractivity contribution in [2.45, 2.75) is 38.5 Å². The van der Waals surface area contributed by atoms with Crippen LogP contribution in [0.5, 0.6) is 5.88 Å². The minimum atomic E-state index is 0.330. The number of methoxy groups -OCH3 is 1. The van der Waals surface area contributed by atoms with Crippen molar-refractivity contribution in [3.8, 4) is 5.88 Å². The van der Waals surface area contributed by atoms with Crippen molar-refractivity contribution < 1.29 is 9.47 Å². The van der Waals surface area contributed by atoms with E-state index >= 15 is 0 Å². The molecule has 1 N–H and O–H groups in total. The molecule has 2 unspecified atom stereocenters. The maximum atomic E-state index is 5.70. The van der Waals surface area contributed by atoms with Crippen LogP contribution in [0.25, 0.3) is 4.96 Å². The van der Waals surface area contributed by atoms with Crippen LogP contribution in [0.4, 0.5) is 0 Å². The highest BCUT2D eigenvalue weighted by molar-refractivity contribution is 7.15. The number of nitrogens with zero attached hydrogens (tertiary/aromatic N) is 2. The second-order valence-electron chi connectivity index (χ2n) is 4.84. The van der Waals surface area contributed by atoms with Crippen molar-refractivity contribution in [3.63, 3.8) is 0 Å². The van der Waals surface area contributed by atoms with Crippen LogP contribution in [-0.2, 0) is 11.3 Å². The van der Waals surface area contributed by atoms with Gasteiger partial charge in [0.25, 0.3) is 0 Å². The number of aromatic nitrogens is 2. The van der Waals surface area contributed by atoms with Gasteiger partial charge in [0.05, 0.1) is 13.2 Å². The number of rotatable bonds is 5. The average Bonchev–Trinajstić information content (AvgIpc) is 3.12. The van der Waals surface area contributed by atoms with E-state index in [-0.39, 0.29) is 0 Å². The van der Waals surface area contributed by atoms with Crippen molar-refractivity contribution >= 4 is 16.3 Å². The van der Waals surface area contributed by atoms with E-state index in [9.17, 15) is 0 Å². The fraction of sp³-hybridized carbons (Fsp3) is 0.615. The number of fused-ring (bicyclic) bond motifs is 1. The third-order valence-corrected chi connectivity index (χ3v) is 4.39. The van der Waals surface area contributed by atoms with Gasteiger partial charge in [-0.3, -0.25) is 4.40 Å². The largest absolute Gasteiger partial charge is 0.480 e. The molecule has 104 valence electrons. The summed E-state index contributed by atoms with van der Waals surface area (Å²) in [6.45, 7) is 3.80. The van der Waals surface area contributed by atoms with Crippen LogP contribution in [0.1, 0.15) is 25.5 Å². The Morgan fingerprint density at radius 3 is 3.32 bits per heavy atom. The van der Waals surface area contributed by atoms with Crippen molar-refractivity contribution in [3.05, 3.63) is 17.3 Å². The van der Waals surface area contributed by atoms with Gasteiger partial charge >= 0.3 is 0 Å². The highest BCUT2D eigenvalue weighted by Gasteiger charge is 2.23. The molecule has 0 bridgehead atoms. The molecule has 0 aromatic carbocycles. The van der Waals surface area contributed by atoms with Crippen molar-refractivity contribution in [2.75, 3.05) is 13.7 Å². The Balaban J connectivity index is 1.71. The number of imidazole rings is 1. The molecular weight excluding hydrogens is 262 g/mol. The first kappa shape index (κ1) is 12.9. The Kier molecular flexibility index (Phi) is 3.72. The lowest BCUT2D eigenvalue weighted by Crippen LogP contribution is -2.36. The van der Waals surface area contributed by atoms with Gasteiger partial charge in [0.2, 0.25) is 5.88 Å². The molecule has 2 aromatic rings. The lowest BCUT2D eigenvalue weighted by molar-refractivity contribution is 0.0830. The Morgan fingerprint density at radius 2 is 2.58 bits per heavy atom. The van der Waals surface area contributed by atoms with Crippen LogP contribution < -0.4 is 10.1 Å². The van der Waals surface area contributed by atoms with E-state index in [1.807, 2.05) is 11.6 Å². The first-order valence-electron chi connectivity index (χ1n) is 6.63. The second-order valence-corrected chi connectivity index (χ2v) is 5.72. The molecular formula is C13H19N3O2S. The van der Waals surface area contributed by atoms with E-state index in [1.165, 1.54) is 6.42 Å². The maximum Gasteiger partial charge on any atom is 0.237 e. The van der Waals surface area contributed by atoms with Gasteiger partial charge in [0, 0.05) is 30.8 Å². The summed E-state index contributed by atoms with van der Waals surface area (Å²) in [4.78, 5) is 5.43. The minimum absolute atomic E-state index is 0.330. The first-order chi connectivity index (χ1) is 9.29. The average molecular weight is 281 g/mol. The van der Waals surface area contributed by atoms with Crippen molar-refractivity contribution in [1.82, 2.24) is 14.7 Å². The van der Waals surface area contributed by atoms with E-state index in [0.717, 1.165) is 30.2 Å². The Morgan fingerprint density at radius 1 is 1.68 bits per heavy atom. The second kappa shape index (κ2) is 5.48. The third kappa shape index (κ3) is 2.48. The lowest BCUT2D eigenvalue weighted by atomic mass is 10.1. The summed E-state index contributed by atoms with van der Waals surface area (Å²) in [5, 5.41) is 5.56. The summed E-state index contributed by atoms with van der Waals surface area (Å²) in [6.07, 6.45) is 4.67. The fourth-order valence-electron chi connectivity index (χ4n) is 2.52. The monoisotopic (exact) mass is 281 g/mol. The quantitative estimate of drug-likeness (QED) is 0.911. The van der Waals surface area contributed by atoms with Gasteiger partial charge in [0.15, 0.2) is 4.96 Å². The molecule has 2 aromatic heterocycles. The zero-order valence-corrected chi connectivity index (χ0v) is 12.1. The zero-order chi connectivity index (χ0) is 13.2. The molecule has 1 fully saturated rings. The summed E-state index contributed by atoms with van der Waals surface area (Å²) in [6, 6.07) is 0.344. The minimum Gasteiger partial charge on any atom is -0.480 e. The Labute approximate surface area is 116 Å². The molecule has 1 saturated heterocycles. The van der Waals surface area contributed by atoms with Crippen LogP contribution in [0.3, 0.4) is 0 Å². The molecule has 5 nitrogen and oxygen atoms in total. The molecule has 0 spiro atoms. The number of ether oxygens (including phenoxy) is 2. The summed E-state index contributed by atoms with van der Waals surface area (Å²) in [5.41, 5.74) is 1.07. The smallest absolute Gasteiger partial charge is 0.237 e. The lowest BCUT2D eigenvalue weighted by Gasteiger charge is -2.19. The van der Waals surface area contributed by atoms with Crippen molar-refractivity contribution in [2.24, 2.45) is 0 Å². The molecule has 0 saturated carbocycles. The fourth-order valence-corrected chi connectivity index (χ4v) is 3.25. The summed E-state index contributed by atoms with van der Waals surface area (Å²) in [7, 11) is 1.67. The van der Waals surface area contributed by atoms with Crippen molar-refractivity contribution in [1.29, 1.82) is 0 Å². The zero-order valence-electron chi connectivity index (χ0n) is 11.3. The molecule has 0 amide bonds. The number of hydrogen-bond donors (Lipinski definition) is 1. The predicted molar refractivity (Wildman–Crippen MR) is 74.9 cm³/mol. The Bertz CT molecular complexity index is 545. The summed E-state index contributed by atoms with van der Waals surface area (Å²) >= 11 is 1.62. The molecule has 0 aliphatic carbocycles. The standard InChI is InChI=1S/C13H19N3O2S/c1-9(11-4-3-6-18-11)14-8-10-12(17-2)15-13-16(10)5-7-19-13/h5,7,9,11,14H,3-4,6,8H2,1-2H3. The van der Waals surface area contributed by atoms with Crippen LogP contribution in [0.15, 0.2) is 11.6 Å². The van der Waals surface area contributed by atoms with Crippen LogP contribution in [0, 0.1) is 0 Å². The molecule has 2 atom stereocenters. The van der Waals surface area contributed by atoms with E-state index in [4.69, 9.17) is 9.47 Å². The van der Waals surface area contributed by atoms with Gasteiger partial charge in [-0.2, -0.15) is 4.98 Å². The highest BCUT2D eigenvalue weighted by atomic mass is 32.1. The SMILES string of the molecule is COc1nc2sccn2c1CNC(C)C1CCCO1. The van der Waals surface area contributed by atoms with E-state index in [1.54, 1.807) is 18.4 Å². The summed E-state index contributed by atoms with van der Waals surface area (Å²) in [5.74, 6) is 0.707. The van der Waals surface area contributed by atoms with Crippen LogP contribution in [0.2, 0.25) is 0 Å². The van der Waals surface area contributed by atoms with E-state index in [0.29, 0.717) is 18.0 Å². The number of hydrogen-bond acceptors (Lipinski definition) is 5. The highest BCUT2D eigenvalue weighted by Crippen LogP contribution is 2.23. The maximum absolute atomic E-state index is 5.70. The molecule has 3 heterocycles. The van der Waals surface area contributed by atoms with Crippen LogP contribution >= 0.6 is 11.3 Å². The van der Waals surface area contributed by atoms with Crippen LogP contribution in [-0.4, -0.2) is 35.2 Å². The van der Waals surface area contributed by atoms with Gasteiger partial charge in [0.1, 0.15) is 5.69 Å². The van der Waals surface area contributed by atoms with E-state index < -0.39 is 0 Å². The normalized spacial score (nSPS) is 21.1. The molecule has 3 rings (SSSR count). The molecule has 19 heavy (non-hydrogen) atoms. The molecule has 0 radical (unpaired) electrons. The van der Waals surface area contributed by atoms with Gasteiger partial charge in [-0.15, -0.1) is 11.3 Å². The van der Waals surface area contributed by atoms with E-state index in [2.05, 4.69) is 21.6 Å². The van der Waals surface area contributed by atoms with Gasteiger partial charge in [-0.25, -0.2) is 0 Å². The topological polar surface area (TPSA) is 47.8 Å². The third-order valence-electron chi connectivity index (χ3n) is 3.63. The molecule has 1 aliphatic rings. The van der Waals surface area contributed by atoms with Gasteiger partial charge < -0.3 is 14.8 Å². The van der Waals surface area contributed by atoms with Gasteiger partial charge in [-0.05, 0) is 19.8 Å². The molecule has 6 heteroatoms. The van der Waals surface area contributed by atoms with Gasteiger partial charge in [-0.1, -0.05) is 0 Å². The predicted octanol–water partition coefficient (Wildman–Crippen LogP) is 2.06. The summed E-state index contributed by atoms with van der Waals surface area (Å²) < 4.78 is 13.1. The Hall–Kier alpha value is -1.11.